The van der Waals surface area contributed by atoms with Crippen LogP contribution in [0.15, 0.2) is 12.4 Å². The minimum atomic E-state index is -0.560. The first-order chi connectivity index (χ1) is 7.63. The van der Waals surface area contributed by atoms with Gasteiger partial charge in [0, 0.05) is 6.54 Å². The molecule has 0 aromatic carbocycles. The molecular formula is C8H13N5O3. The standard InChI is InChI=1S/C8H13N5O3/c9-2-1-3-10-8(14)6-12-5-7(4-11-12)13(15)16/h4-5H,1-3,6,9H2,(H,10,14). The molecule has 3 N–H and O–H groups in total. The van der Waals surface area contributed by atoms with E-state index in [0.717, 1.165) is 6.20 Å². The molecule has 1 rings (SSSR count). The molecule has 16 heavy (non-hydrogen) atoms. The van der Waals surface area contributed by atoms with E-state index in [2.05, 4.69) is 10.4 Å². The van der Waals surface area contributed by atoms with Crippen molar-refractivity contribution in [1.29, 1.82) is 0 Å². The largest absolute Gasteiger partial charge is 0.354 e. The Morgan fingerprint density at radius 2 is 2.44 bits per heavy atom. The molecule has 0 fully saturated rings. The van der Waals surface area contributed by atoms with Crippen LogP contribution in [-0.2, 0) is 11.3 Å². The highest BCUT2D eigenvalue weighted by molar-refractivity contribution is 5.75. The molecule has 0 bridgehead atoms. The predicted octanol–water partition coefficient (Wildman–Crippen LogP) is -0.744. The van der Waals surface area contributed by atoms with E-state index in [9.17, 15) is 14.9 Å². The van der Waals surface area contributed by atoms with Crippen LogP contribution >= 0.6 is 0 Å². The average molecular weight is 227 g/mol. The van der Waals surface area contributed by atoms with Gasteiger partial charge < -0.3 is 11.1 Å². The Balaban J connectivity index is 2.40. The van der Waals surface area contributed by atoms with Gasteiger partial charge >= 0.3 is 5.69 Å². The molecule has 8 nitrogen and oxygen atoms in total. The second-order valence-corrected chi connectivity index (χ2v) is 3.15. The highest BCUT2D eigenvalue weighted by Gasteiger charge is 2.10. The monoisotopic (exact) mass is 227 g/mol. The average Bonchev–Trinajstić information content (AvgIpc) is 2.66. The van der Waals surface area contributed by atoms with Gasteiger partial charge in [-0.15, -0.1) is 0 Å². The van der Waals surface area contributed by atoms with Crippen LogP contribution in [0.2, 0.25) is 0 Å². The zero-order chi connectivity index (χ0) is 12.0. The van der Waals surface area contributed by atoms with Gasteiger partial charge in [-0.1, -0.05) is 0 Å². The Bertz CT molecular complexity index is 376. The number of aromatic nitrogens is 2. The van der Waals surface area contributed by atoms with Gasteiger partial charge in [0.05, 0.1) is 4.92 Å². The molecule has 0 saturated carbocycles. The van der Waals surface area contributed by atoms with Crippen LogP contribution in [0.25, 0.3) is 0 Å². The third-order valence-corrected chi connectivity index (χ3v) is 1.84. The van der Waals surface area contributed by atoms with Gasteiger partial charge in [0.1, 0.15) is 18.9 Å². The Hall–Kier alpha value is -1.96. The lowest BCUT2D eigenvalue weighted by Gasteiger charge is -2.03. The van der Waals surface area contributed by atoms with E-state index in [1.54, 1.807) is 0 Å². The molecule has 0 aliphatic rings. The Kier molecular flexibility index (Phi) is 4.40. The van der Waals surface area contributed by atoms with E-state index in [1.807, 2.05) is 0 Å². The maximum Gasteiger partial charge on any atom is 0.307 e. The van der Waals surface area contributed by atoms with Gasteiger partial charge in [-0.3, -0.25) is 19.6 Å². The molecule has 1 aromatic heterocycles. The van der Waals surface area contributed by atoms with Crippen molar-refractivity contribution in [3.8, 4) is 0 Å². The van der Waals surface area contributed by atoms with Crippen molar-refractivity contribution in [3.63, 3.8) is 0 Å². The molecule has 88 valence electrons. The molecule has 0 aliphatic carbocycles. The van der Waals surface area contributed by atoms with E-state index in [0.29, 0.717) is 19.5 Å². The van der Waals surface area contributed by atoms with Gasteiger partial charge in [0.25, 0.3) is 0 Å². The minimum Gasteiger partial charge on any atom is -0.354 e. The molecule has 0 aliphatic heterocycles. The fraction of sp³-hybridized carbons (Fsp3) is 0.500. The molecule has 0 spiro atoms. The summed E-state index contributed by atoms with van der Waals surface area (Å²) in [5, 5.41) is 16.7. The first kappa shape index (κ1) is 12.1. The second-order valence-electron chi connectivity index (χ2n) is 3.15. The van der Waals surface area contributed by atoms with Crippen molar-refractivity contribution in [3.05, 3.63) is 22.5 Å². The van der Waals surface area contributed by atoms with Crippen molar-refractivity contribution in [1.82, 2.24) is 15.1 Å². The fourth-order valence-corrected chi connectivity index (χ4v) is 1.07. The highest BCUT2D eigenvalue weighted by atomic mass is 16.6. The number of nitrogens with zero attached hydrogens (tertiary/aromatic N) is 3. The van der Waals surface area contributed by atoms with E-state index >= 15 is 0 Å². The molecule has 1 amide bonds. The first-order valence-electron chi connectivity index (χ1n) is 4.77. The zero-order valence-electron chi connectivity index (χ0n) is 8.63. The molecule has 1 aromatic rings. The number of amides is 1. The van der Waals surface area contributed by atoms with Gasteiger partial charge in [0.2, 0.25) is 5.91 Å². The Labute approximate surface area is 91.6 Å². The summed E-state index contributed by atoms with van der Waals surface area (Å²) >= 11 is 0. The lowest BCUT2D eigenvalue weighted by atomic mass is 10.4. The third-order valence-electron chi connectivity index (χ3n) is 1.84. The summed E-state index contributed by atoms with van der Waals surface area (Å²) in [6.07, 6.45) is 3.01. The summed E-state index contributed by atoms with van der Waals surface area (Å²) in [4.78, 5) is 21.1. The summed E-state index contributed by atoms with van der Waals surface area (Å²) in [7, 11) is 0. The summed E-state index contributed by atoms with van der Waals surface area (Å²) in [6, 6.07) is 0. The van der Waals surface area contributed by atoms with Crippen molar-refractivity contribution in [2.75, 3.05) is 13.1 Å². The fourth-order valence-electron chi connectivity index (χ4n) is 1.07. The van der Waals surface area contributed by atoms with Crippen LogP contribution in [0.4, 0.5) is 5.69 Å². The lowest BCUT2D eigenvalue weighted by molar-refractivity contribution is -0.385. The van der Waals surface area contributed by atoms with Crippen molar-refractivity contribution >= 4 is 11.6 Å². The van der Waals surface area contributed by atoms with Crippen LogP contribution in [0.5, 0.6) is 0 Å². The topological polar surface area (TPSA) is 116 Å². The zero-order valence-corrected chi connectivity index (χ0v) is 8.63. The third kappa shape index (κ3) is 3.65. The minimum absolute atomic E-state index is 0.0294. The number of rotatable bonds is 6. The Morgan fingerprint density at radius 3 is 3.00 bits per heavy atom. The van der Waals surface area contributed by atoms with Crippen molar-refractivity contribution < 1.29 is 9.72 Å². The van der Waals surface area contributed by atoms with Crippen LogP contribution in [0.1, 0.15) is 6.42 Å². The van der Waals surface area contributed by atoms with Crippen molar-refractivity contribution in [2.24, 2.45) is 5.73 Å². The summed E-state index contributed by atoms with van der Waals surface area (Å²) in [5.41, 5.74) is 5.13. The molecular weight excluding hydrogens is 214 g/mol. The second kappa shape index (κ2) is 5.81. The number of carbonyl (C=O) groups excluding carboxylic acids is 1. The number of carbonyl (C=O) groups is 1. The smallest absolute Gasteiger partial charge is 0.307 e. The summed E-state index contributed by atoms with van der Waals surface area (Å²) in [5.74, 6) is -0.244. The maximum atomic E-state index is 11.3. The molecule has 0 radical (unpaired) electrons. The highest BCUT2D eigenvalue weighted by Crippen LogP contribution is 2.07. The van der Waals surface area contributed by atoms with Crippen LogP contribution in [0, 0.1) is 10.1 Å². The number of nitro groups is 1. The maximum absolute atomic E-state index is 11.3. The Morgan fingerprint density at radius 1 is 1.69 bits per heavy atom. The lowest BCUT2D eigenvalue weighted by Crippen LogP contribution is -2.29. The first-order valence-corrected chi connectivity index (χ1v) is 4.77. The van der Waals surface area contributed by atoms with Crippen LogP contribution < -0.4 is 11.1 Å². The summed E-state index contributed by atoms with van der Waals surface area (Å²) < 4.78 is 1.22. The van der Waals surface area contributed by atoms with Gasteiger partial charge in [-0.05, 0) is 13.0 Å². The van der Waals surface area contributed by atoms with E-state index in [4.69, 9.17) is 5.73 Å². The molecule has 0 atom stereocenters. The normalized spacial score (nSPS) is 10.1. The molecule has 1 heterocycles. The summed E-state index contributed by atoms with van der Waals surface area (Å²) in [6.45, 7) is 0.977. The van der Waals surface area contributed by atoms with Gasteiger partial charge in [0.15, 0.2) is 0 Å². The van der Waals surface area contributed by atoms with Gasteiger partial charge in [-0.2, -0.15) is 5.10 Å². The van der Waals surface area contributed by atoms with Crippen molar-refractivity contribution in [2.45, 2.75) is 13.0 Å². The molecule has 8 heteroatoms. The number of hydrogen-bond donors (Lipinski definition) is 2. The number of nitrogens with one attached hydrogen (secondary N) is 1. The predicted molar refractivity (Wildman–Crippen MR) is 55.6 cm³/mol. The molecule has 0 unspecified atom stereocenters. The van der Waals surface area contributed by atoms with Crippen LogP contribution in [0.3, 0.4) is 0 Å². The van der Waals surface area contributed by atoms with E-state index < -0.39 is 4.92 Å². The molecule has 0 saturated heterocycles. The van der Waals surface area contributed by atoms with E-state index in [-0.39, 0.29) is 18.1 Å². The van der Waals surface area contributed by atoms with E-state index in [1.165, 1.54) is 10.9 Å². The van der Waals surface area contributed by atoms with Gasteiger partial charge in [-0.25, -0.2) is 0 Å². The quantitative estimate of drug-likeness (QED) is 0.377. The number of nitrogens with two attached hydrogens (primary N) is 1. The van der Waals surface area contributed by atoms with Crippen LogP contribution in [-0.4, -0.2) is 33.7 Å². The SMILES string of the molecule is NCCCNC(=O)Cn1cc([N+](=O)[O-])cn1. The number of hydrogen-bond acceptors (Lipinski definition) is 5.